The first kappa shape index (κ1) is 29.9. The summed E-state index contributed by atoms with van der Waals surface area (Å²) in [6, 6.07) is 0.821. The molecule has 192 valence electrons. The van der Waals surface area contributed by atoms with Crippen molar-refractivity contribution in [3.05, 3.63) is 33.1 Å². The number of nitrogens with zero attached hydrogens (tertiary/aromatic N) is 1. The maximum atomic E-state index is 14.6. The van der Waals surface area contributed by atoms with Crippen LogP contribution in [0.1, 0.15) is 6.23 Å². The van der Waals surface area contributed by atoms with Crippen molar-refractivity contribution in [3.8, 4) is 0 Å². The Morgan fingerprint density at radius 2 is 1.67 bits per heavy atom. The molecular formula is C12H22FN2O15P3. The van der Waals surface area contributed by atoms with E-state index in [1.807, 2.05) is 0 Å². The number of phosphoric acid groups is 1. The van der Waals surface area contributed by atoms with E-state index in [-0.39, 0.29) is 0 Å². The van der Waals surface area contributed by atoms with E-state index in [1.165, 1.54) is 0 Å². The van der Waals surface area contributed by atoms with Crippen molar-refractivity contribution in [1.82, 2.24) is 9.55 Å². The Morgan fingerprint density at radius 1 is 1.09 bits per heavy atom. The summed E-state index contributed by atoms with van der Waals surface area (Å²) in [5.41, 5.74) is -1.97. The molecule has 0 radical (unpaired) electrons. The molecule has 0 amide bonds. The van der Waals surface area contributed by atoms with Gasteiger partial charge in [0.15, 0.2) is 12.4 Å². The molecule has 0 aromatic carbocycles. The van der Waals surface area contributed by atoms with Crippen molar-refractivity contribution in [1.29, 1.82) is 0 Å². The Hall–Kier alpha value is -1.10. The third-order valence-electron chi connectivity index (χ3n) is 3.40. The van der Waals surface area contributed by atoms with Crippen LogP contribution in [0.15, 0.2) is 21.9 Å². The average molecular weight is 546 g/mol. The quantitative estimate of drug-likeness (QED) is 0.111. The van der Waals surface area contributed by atoms with E-state index in [4.69, 9.17) is 4.89 Å². The van der Waals surface area contributed by atoms with Gasteiger partial charge in [-0.25, -0.2) is 13.8 Å². The number of aliphatic hydroxyl groups is 2. The lowest BCUT2D eigenvalue weighted by molar-refractivity contribution is -0.185. The van der Waals surface area contributed by atoms with E-state index < -0.39 is 65.5 Å². The first-order valence-corrected chi connectivity index (χ1v) is 13.9. The molecular weight excluding hydrogens is 524 g/mol. The predicted molar refractivity (Wildman–Crippen MR) is 104 cm³/mol. The highest BCUT2D eigenvalue weighted by Crippen LogP contribution is 2.55. The summed E-state index contributed by atoms with van der Waals surface area (Å²) in [5.74, 6) is 0. The summed E-state index contributed by atoms with van der Waals surface area (Å²) in [7, 11) is -13.0. The maximum Gasteiger partial charge on any atom is 0.500 e. The molecule has 5 N–H and O–H groups in total. The molecule has 21 heteroatoms. The van der Waals surface area contributed by atoms with Crippen LogP contribution in [-0.2, 0) is 41.7 Å². The van der Waals surface area contributed by atoms with Crippen LogP contribution in [0.2, 0.25) is 0 Å². The number of hydrogen-bond acceptors (Lipinski definition) is 13. The van der Waals surface area contributed by atoms with E-state index in [9.17, 15) is 42.8 Å². The maximum absolute atomic E-state index is 14.6. The van der Waals surface area contributed by atoms with Gasteiger partial charge < -0.3 is 24.7 Å². The second-order valence-corrected chi connectivity index (χ2v) is 11.2. The number of aromatic amines is 1. The number of methoxy groups -OCH3 is 1. The molecule has 1 aromatic heterocycles. The Labute approximate surface area is 184 Å². The minimum absolute atomic E-state index is 0.405. The Balaban J connectivity index is 2.73. The number of phosphoric ester groups is 1. The third kappa shape index (κ3) is 10.4. The van der Waals surface area contributed by atoms with E-state index in [1.54, 1.807) is 4.98 Å². The molecule has 1 heterocycles. The minimum Gasteiger partial charge on any atom is -0.385 e. The number of halogens is 1. The Morgan fingerprint density at radius 3 is 2.18 bits per heavy atom. The van der Waals surface area contributed by atoms with Crippen molar-refractivity contribution >= 4 is 23.0 Å². The van der Waals surface area contributed by atoms with Crippen molar-refractivity contribution in [2.24, 2.45) is 0 Å². The van der Waals surface area contributed by atoms with Gasteiger partial charge in [0.2, 0.25) is 0 Å². The molecule has 33 heavy (non-hydrogen) atoms. The van der Waals surface area contributed by atoms with Gasteiger partial charge in [0.25, 0.3) is 5.56 Å². The zero-order valence-electron chi connectivity index (χ0n) is 17.1. The lowest BCUT2D eigenvalue weighted by atomic mass is 10.1. The molecule has 0 bridgehead atoms. The fourth-order valence-electron chi connectivity index (χ4n) is 1.90. The number of aromatic nitrogens is 2. The molecule has 0 spiro atoms. The SMILES string of the molecule is CO[C@@H](COP(=O)(O)OOP(C)(=O)OOP(C)(=O)O)[C@@H](F)[C@@H](O)[C@@H](O)n1ccc(=O)[nH]c1=O. The van der Waals surface area contributed by atoms with Crippen LogP contribution in [0, 0.1) is 0 Å². The zero-order chi connectivity index (χ0) is 25.6. The molecule has 0 aliphatic heterocycles. The van der Waals surface area contributed by atoms with Crippen molar-refractivity contribution in [3.63, 3.8) is 0 Å². The second-order valence-electron chi connectivity index (χ2n) is 6.28. The number of alkyl halides is 1. The van der Waals surface area contributed by atoms with Gasteiger partial charge in [-0.3, -0.25) is 28.0 Å². The van der Waals surface area contributed by atoms with Crippen LogP contribution in [0.3, 0.4) is 0 Å². The first-order chi connectivity index (χ1) is 15.0. The summed E-state index contributed by atoms with van der Waals surface area (Å²) in [4.78, 5) is 42.8. The number of rotatable bonds is 14. The first-order valence-electron chi connectivity index (χ1n) is 8.43. The van der Waals surface area contributed by atoms with Crippen LogP contribution >= 0.6 is 23.0 Å². The lowest BCUT2D eigenvalue weighted by Gasteiger charge is -2.27. The molecule has 17 nitrogen and oxygen atoms in total. The monoisotopic (exact) mass is 546 g/mol. The van der Waals surface area contributed by atoms with Gasteiger partial charge in [0, 0.05) is 32.7 Å². The van der Waals surface area contributed by atoms with Crippen LogP contribution < -0.4 is 11.2 Å². The highest BCUT2D eigenvalue weighted by molar-refractivity contribution is 7.55. The van der Waals surface area contributed by atoms with Gasteiger partial charge in [0.05, 0.1) is 6.61 Å². The highest BCUT2D eigenvalue weighted by atomic mass is 31.2. The van der Waals surface area contributed by atoms with Gasteiger partial charge in [-0.05, 0) is 0 Å². The largest absolute Gasteiger partial charge is 0.500 e. The van der Waals surface area contributed by atoms with E-state index in [2.05, 4.69) is 28.0 Å². The van der Waals surface area contributed by atoms with E-state index in [0.29, 0.717) is 17.9 Å². The molecule has 0 fully saturated rings. The molecule has 7 atom stereocenters. The van der Waals surface area contributed by atoms with Gasteiger partial charge in [-0.2, -0.15) is 0 Å². The summed E-state index contributed by atoms with van der Waals surface area (Å²) in [5, 5.41) is 20.0. The molecule has 0 saturated heterocycles. The van der Waals surface area contributed by atoms with E-state index in [0.717, 1.165) is 19.4 Å². The van der Waals surface area contributed by atoms with Gasteiger partial charge >= 0.3 is 28.7 Å². The van der Waals surface area contributed by atoms with Gasteiger partial charge in [0.1, 0.15) is 12.2 Å². The van der Waals surface area contributed by atoms with Crippen LogP contribution in [0.25, 0.3) is 0 Å². The normalized spacial score (nSPS) is 21.2. The number of H-pyrrole nitrogens is 1. The average Bonchev–Trinajstić information content (AvgIpc) is 2.70. The third-order valence-corrected chi connectivity index (χ3v) is 5.41. The molecule has 1 aromatic rings. The fourth-order valence-corrected chi connectivity index (χ4v) is 4.10. The number of aliphatic hydroxyl groups excluding tert-OH is 2. The molecule has 1 rings (SSSR count). The second kappa shape index (κ2) is 12.0. The molecule has 0 saturated carbocycles. The van der Waals surface area contributed by atoms with Crippen LogP contribution in [-0.4, -0.2) is 75.0 Å². The number of ether oxygens (including phenoxy) is 1. The summed E-state index contributed by atoms with van der Waals surface area (Å²) in [6.07, 6.45) is -8.11. The van der Waals surface area contributed by atoms with Crippen molar-refractivity contribution in [2.45, 2.75) is 24.6 Å². The summed E-state index contributed by atoms with van der Waals surface area (Å²) >= 11 is 0. The van der Waals surface area contributed by atoms with Gasteiger partial charge in [-0.1, -0.05) is 0 Å². The molecule has 3 unspecified atom stereocenters. The predicted octanol–water partition coefficient (Wildman–Crippen LogP) is -0.607. The smallest absolute Gasteiger partial charge is 0.385 e. The standard InChI is InChI=1S/C12H22FN2O15P3/c1-25-7(9(13)10(17)11(18)15-5-4-8(16)14-12(15)19)6-26-33(23,24)30-29-32(3,22)28-27-31(2,20)21/h4-5,7,9-11,17-18H,6H2,1-3H3,(H,20,21)(H,23,24)(H,14,16,19)/t7-,9+,10+,11+,32?/m0/s1. The van der Waals surface area contributed by atoms with Crippen LogP contribution in [0.5, 0.6) is 0 Å². The fraction of sp³-hybridized carbons (Fsp3) is 0.667. The van der Waals surface area contributed by atoms with E-state index >= 15 is 0 Å². The zero-order valence-corrected chi connectivity index (χ0v) is 19.8. The highest BCUT2D eigenvalue weighted by Gasteiger charge is 2.38. The van der Waals surface area contributed by atoms with Crippen molar-refractivity contribution in [2.75, 3.05) is 27.0 Å². The Kier molecular flexibility index (Phi) is 10.9. The molecule has 0 aliphatic rings. The lowest BCUT2D eigenvalue weighted by Crippen LogP contribution is -2.45. The van der Waals surface area contributed by atoms with Crippen molar-refractivity contribution < 1.29 is 66.0 Å². The summed E-state index contributed by atoms with van der Waals surface area (Å²) in [6.45, 7) is 0.199. The number of nitrogens with one attached hydrogen (secondary N) is 1. The minimum atomic E-state index is -5.23. The topological polar surface area (TPSA) is 242 Å². The molecule has 0 aliphatic carbocycles. The van der Waals surface area contributed by atoms with Crippen LogP contribution in [0.4, 0.5) is 4.39 Å². The summed E-state index contributed by atoms with van der Waals surface area (Å²) < 4.78 is 74.3. The van der Waals surface area contributed by atoms with Gasteiger partial charge in [-0.15, -0.1) is 18.7 Å². The number of hydrogen-bond donors (Lipinski definition) is 5. The Bertz CT molecular complexity index is 1040.